The van der Waals surface area contributed by atoms with Gasteiger partial charge in [-0.15, -0.1) is 0 Å². The molecule has 0 unspecified atom stereocenters. The van der Waals surface area contributed by atoms with Crippen LogP contribution in [0.4, 0.5) is 0 Å². The van der Waals surface area contributed by atoms with E-state index >= 15 is 0 Å². The second kappa shape index (κ2) is 7.70. The number of hydrogen-bond acceptors (Lipinski definition) is 4. The molecule has 0 atom stereocenters. The van der Waals surface area contributed by atoms with Crippen molar-refractivity contribution in [1.29, 1.82) is 0 Å². The summed E-state index contributed by atoms with van der Waals surface area (Å²) in [5.74, 6) is 1.59. The van der Waals surface area contributed by atoms with Crippen molar-refractivity contribution < 1.29 is 4.79 Å². The highest BCUT2D eigenvalue weighted by molar-refractivity contribution is 5.97. The van der Waals surface area contributed by atoms with E-state index in [4.69, 9.17) is 0 Å². The van der Waals surface area contributed by atoms with Crippen molar-refractivity contribution in [2.45, 2.75) is 6.42 Å². The molecule has 0 N–H and O–H groups in total. The van der Waals surface area contributed by atoms with Gasteiger partial charge >= 0.3 is 0 Å². The summed E-state index contributed by atoms with van der Waals surface area (Å²) in [6.45, 7) is 0. The molecule has 0 fully saturated rings. The maximum atomic E-state index is 12.6. The van der Waals surface area contributed by atoms with E-state index in [9.17, 15) is 4.79 Å². The molecule has 4 heteroatoms. The van der Waals surface area contributed by atoms with Crippen LogP contribution in [0.1, 0.15) is 16.2 Å². The van der Waals surface area contributed by atoms with E-state index in [1.165, 1.54) is 0 Å². The summed E-state index contributed by atoms with van der Waals surface area (Å²) in [7, 11) is 0. The first-order valence-electron chi connectivity index (χ1n) is 8.73. The lowest BCUT2D eigenvalue weighted by atomic mass is 10.1. The number of carbonyl (C=O) groups is 1. The van der Waals surface area contributed by atoms with Crippen LogP contribution in [0.3, 0.4) is 0 Å². The van der Waals surface area contributed by atoms with Gasteiger partial charge in [0.2, 0.25) is 0 Å². The van der Waals surface area contributed by atoms with Crippen LogP contribution in [0.25, 0.3) is 22.8 Å². The minimum absolute atomic E-state index is 0.0141. The second-order valence-corrected chi connectivity index (χ2v) is 6.10. The highest BCUT2D eigenvalue weighted by atomic mass is 16.1. The Labute approximate surface area is 157 Å². The third kappa shape index (κ3) is 3.96. The molecular formula is C23H17N3O. The van der Waals surface area contributed by atoms with Crippen LogP contribution in [-0.2, 0) is 6.42 Å². The van der Waals surface area contributed by atoms with Gasteiger partial charge in [-0.3, -0.25) is 4.79 Å². The van der Waals surface area contributed by atoms with Gasteiger partial charge in [-0.1, -0.05) is 91.0 Å². The van der Waals surface area contributed by atoms with Crippen LogP contribution in [0, 0.1) is 0 Å². The average molecular weight is 351 g/mol. The number of hydrogen-bond donors (Lipinski definition) is 0. The van der Waals surface area contributed by atoms with Crippen LogP contribution in [0.2, 0.25) is 0 Å². The smallest absolute Gasteiger partial charge is 0.170 e. The molecule has 0 saturated heterocycles. The minimum atomic E-state index is -0.0141. The predicted octanol–water partition coefficient (Wildman–Crippen LogP) is 4.63. The van der Waals surface area contributed by atoms with E-state index in [-0.39, 0.29) is 12.2 Å². The van der Waals surface area contributed by atoms with Gasteiger partial charge in [-0.2, -0.15) is 0 Å². The van der Waals surface area contributed by atoms with Gasteiger partial charge in [0.25, 0.3) is 0 Å². The first kappa shape index (κ1) is 16.8. The van der Waals surface area contributed by atoms with Crippen LogP contribution >= 0.6 is 0 Å². The summed E-state index contributed by atoms with van der Waals surface area (Å²) in [6.07, 6.45) is 0.131. The molecule has 1 aromatic heterocycles. The lowest BCUT2D eigenvalue weighted by molar-refractivity contribution is 0.0991. The van der Waals surface area contributed by atoms with Crippen LogP contribution < -0.4 is 0 Å². The van der Waals surface area contributed by atoms with Gasteiger partial charge in [-0.05, 0) is 0 Å². The molecule has 27 heavy (non-hydrogen) atoms. The Morgan fingerprint density at radius 3 is 1.52 bits per heavy atom. The van der Waals surface area contributed by atoms with Gasteiger partial charge in [0.1, 0.15) is 5.82 Å². The Hall–Kier alpha value is -3.66. The number of rotatable bonds is 5. The quantitative estimate of drug-likeness (QED) is 0.492. The van der Waals surface area contributed by atoms with Crippen molar-refractivity contribution in [1.82, 2.24) is 15.0 Å². The largest absolute Gasteiger partial charge is 0.294 e. The average Bonchev–Trinajstić information content (AvgIpc) is 2.75. The van der Waals surface area contributed by atoms with Crippen molar-refractivity contribution in [3.63, 3.8) is 0 Å². The Morgan fingerprint density at radius 2 is 1.04 bits per heavy atom. The zero-order valence-electron chi connectivity index (χ0n) is 14.6. The van der Waals surface area contributed by atoms with Gasteiger partial charge in [0.05, 0.1) is 6.42 Å². The number of Topliss-reactive ketones (excluding diaryl/α,β-unsaturated/α-hetero) is 1. The van der Waals surface area contributed by atoms with Crippen molar-refractivity contribution in [3.8, 4) is 22.8 Å². The summed E-state index contributed by atoms with van der Waals surface area (Å²) in [5, 5.41) is 0. The predicted molar refractivity (Wildman–Crippen MR) is 105 cm³/mol. The van der Waals surface area contributed by atoms with Crippen LogP contribution in [0.5, 0.6) is 0 Å². The first-order chi connectivity index (χ1) is 13.3. The molecule has 0 bridgehead atoms. The molecule has 0 spiro atoms. The molecule has 4 rings (SSSR count). The molecule has 0 aliphatic rings. The van der Waals surface area contributed by atoms with E-state index in [2.05, 4.69) is 15.0 Å². The maximum absolute atomic E-state index is 12.6. The van der Waals surface area contributed by atoms with E-state index < -0.39 is 0 Å². The standard InChI is InChI=1S/C23H17N3O/c27-20(17-10-4-1-5-11-17)16-21-24-22(18-12-6-2-7-13-18)26-23(25-21)19-14-8-3-9-15-19/h1-15H,16H2. The van der Waals surface area contributed by atoms with Gasteiger partial charge in [-0.25, -0.2) is 15.0 Å². The van der Waals surface area contributed by atoms with Gasteiger partial charge < -0.3 is 0 Å². The number of benzene rings is 3. The Morgan fingerprint density at radius 1 is 0.593 bits per heavy atom. The summed E-state index contributed by atoms with van der Waals surface area (Å²) >= 11 is 0. The molecule has 0 aliphatic heterocycles. The molecular weight excluding hydrogens is 334 g/mol. The zero-order valence-corrected chi connectivity index (χ0v) is 14.6. The monoisotopic (exact) mass is 351 g/mol. The highest BCUT2D eigenvalue weighted by Crippen LogP contribution is 2.20. The molecule has 4 aromatic rings. The number of aromatic nitrogens is 3. The fourth-order valence-electron chi connectivity index (χ4n) is 2.80. The van der Waals surface area contributed by atoms with Crippen molar-refractivity contribution >= 4 is 5.78 Å². The number of ketones is 1. The second-order valence-electron chi connectivity index (χ2n) is 6.10. The Balaban J connectivity index is 1.75. The summed E-state index contributed by atoms with van der Waals surface area (Å²) in [5.41, 5.74) is 2.44. The summed E-state index contributed by atoms with van der Waals surface area (Å²) in [6, 6.07) is 28.7. The van der Waals surface area contributed by atoms with E-state index in [1.54, 1.807) is 12.1 Å². The maximum Gasteiger partial charge on any atom is 0.170 e. The third-order valence-electron chi connectivity index (χ3n) is 4.16. The van der Waals surface area contributed by atoms with E-state index in [0.717, 1.165) is 11.1 Å². The third-order valence-corrected chi connectivity index (χ3v) is 4.16. The molecule has 0 amide bonds. The van der Waals surface area contributed by atoms with Crippen molar-refractivity contribution in [3.05, 3.63) is 102 Å². The number of nitrogens with zero attached hydrogens (tertiary/aromatic N) is 3. The van der Waals surface area contributed by atoms with Crippen LogP contribution in [0.15, 0.2) is 91.0 Å². The SMILES string of the molecule is O=C(Cc1nc(-c2ccccc2)nc(-c2ccccc2)n1)c1ccccc1. The lowest BCUT2D eigenvalue weighted by Crippen LogP contribution is -2.09. The van der Waals surface area contributed by atoms with E-state index in [1.807, 2.05) is 78.9 Å². The highest BCUT2D eigenvalue weighted by Gasteiger charge is 2.14. The first-order valence-corrected chi connectivity index (χ1v) is 8.73. The summed E-state index contributed by atoms with van der Waals surface area (Å²) < 4.78 is 0. The van der Waals surface area contributed by atoms with E-state index in [0.29, 0.717) is 23.0 Å². The molecule has 3 aromatic carbocycles. The molecule has 0 saturated carbocycles. The fourth-order valence-corrected chi connectivity index (χ4v) is 2.80. The van der Waals surface area contributed by atoms with Gasteiger partial charge in [0, 0.05) is 16.7 Å². The zero-order chi connectivity index (χ0) is 18.5. The van der Waals surface area contributed by atoms with Crippen molar-refractivity contribution in [2.24, 2.45) is 0 Å². The number of carbonyl (C=O) groups excluding carboxylic acids is 1. The van der Waals surface area contributed by atoms with Crippen LogP contribution in [-0.4, -0.2) is 20.7 Å². The topological polar surface area (TPSA) is 55.7 Å². The fraction of sp³-hybridized carbons (Fsp3) is 0.0435. The molecule has 0 radical (unpaired) electrons. The molecule has 0 aliphatic carbocycles. The molecule has 1 heterocycles. The molecule has 130 valence electrons. The van der Waals surface area contributed by atoms with Crippen molar-refractivity contribution in [2.75, 3.05) is 0 Å². The Kier molecular flexibility index (Phi) is 4.79. The normalized spacial score (nSPS) is 10.5. The molecule has 4 nitrogen and oxygen atoms in total. The Bertz CT molecular complexity index is 991. The minimum Gasteiger partial charge on any atom is -0.294 e. The lowest BCUT2D eigenvalue weighted by Gasteiger charge is -2.08. The van der Waals surface area contributed by atoms with Gasteiger partial charge in [0.15, 0.2) is 17.4 Å². The summed E-state index contributed by atoms with van der Waals surface area (Å²) in [4.78, 5) is 26.3.